The summed E-state index contributed by atoms with van der Waals surface area (Å²) < 4.78 is 9.61. The number of aromatic amines is 2. The molecule has 18 heavy (non-hydrogen) atoms. The monoisotopic (exact) mass is 261 g/mol. The van der Waals surface area contributed by atoms with Crippen molar-refractivity contribution in [3.63, 3.8) is 0 Å². The van der Waals surface area contributed by atoms with Gasteiger partial charge in [0.25, 0.3) is 12.1 Å². The van der Waals surface area contributed by atoms with Gasteiger partial charge in [-0.05, 0) is 13.0 Å². The SMILES string of the molecule is CCCCCCN.O=CF.O=c1cc[nH]c(=O)[nH]1. The van der Waals surface area contributed by atoms with Crippen molar-refractivity contribution in [3.05, 3.63) is 33.1 Å². The number of aromatic nitrogens is 2. The van der Waals surface area contributed by atoms with E-state index in [0.29, 0.717) is 0 Å². The smallest absolute Gasteiger partial charge is 0.325 e. The molecular weight excluding hydrogens is 241 g/mol. The van der Waals surface area contributed by atoms with Crippen LogP contribution in [0.1, 0.15) is 32.6 Å². The van der Waals surface area contributed by atoms with Crippen LogP contribution in [0.25, 0.3) is 0 Å². The van der Waals surface area contributed by atoms with Gasteiger partial charge < -0.3 is 10.7 Å². The van der Waals surface area contributed by atoms with Crippen LogP contribution < -0.4 is 17.0 Å². The second-order valence-electron chi connectivity index (χ2n) is 3.23. The molecule has 4 N–H and O–H groups in total. The Labute approximate surface area is 104 Å². The molecule has 0 aliphatic rings. The highest BCUT2D eigenvalue weighted by Gasteiger charge is 1.80. The summed E-state index contributed by atoms with van der Waals surface area (Å²) in [5, 5.41) is 0. The fourth-order valence-electron chi connectivity index (χ4n) is 0.954. The zero-order chi connectivity index (χ0) is 14.2. The summed E-state index contributed by atoms with van der Waals surface area (Å²) in [5.74, 6) is 0. The molecule has 7 heteroatoms. The lowest BCUT2D eigenvalue weighted by Crippen LogP contribution is -2.19. The number of rotatable bonds is 4. The van der Waals surface area contributed by atoms with E-state index in [1.54, 1.807) is 0 Å². The van der Waals surface area contributed by atoms with Crippen molar-refractivity contribution < 1.29 is 9.18 Å². The van der Waals surface area contributed by atoms with Crippen molar-refractivity contribution in [1.82, 2.24) is 9.97 Å². The molecule has 0 spiro atoms. The summed E-state index contributed by atoms with van der Waals surface area (Å²) in [5.41, 5.74) is 4.41. The van der Waals surface area contributed by atoms with E-state index in [1.807, 2.05) is 4.98 Å². The number of carbonyl (C=O) groups excluding carboxylic acids is 1. The number of nitrogens with one attached hydrogen (secondary N) is 2. The predicted octanol–water partition coefficient (Wildman–Crippen LogP) is 0.735. The summed E-state index contributed by atoms with van der Waals surface area (Å²) in [6, 6.07) is 1.24. The molecule has 0 amide bonds. The lowest BCUT2D eigenvalue weighted by Gasteiger charge is -1.90. The second-order valence-corrected chi connectivity index (χ2v) is 3.23. The van der Waals surface area contributed by atoms with E-state index in [0.717, 1.165) is 6.54 Å². The molecule has 1 aromatic rings. The number of carbonyl (C=O) groups is 1. The third-order valence-electron chi connectivity index (χ3n) is 1.74. The van der Waals surface area contributed by atoms with E-state index in [2.05, 4.69) is 11.9 Å². The second kappa shape index (κ2) is 15.2. The molecule has 0 fully saturated rings. The summed E-state index contributed by atoms with van der Waals surface area (Å²) in [6.45, 7) is 2.32. The minimum absolute atomic E-state index is 0.381. The van der Waals surface area contributed by atoms with Crippen molar-refractivity contribution in [3.8, 4) is 0 Å². The van der Waals surface area contributed by atoms with Crippen LogP contribution in [0.15, 0.2) is 21.9 Å². The highest BCUT2D eigenvalue weighted by atomic mass is 19.1. The van der Waals surface area contributed by atoms with Gasteiger partial charge in [-0.15, -0.1) is 0 Å². The Balaban J connectivity index is 0. The molecule has 1 rings (SSSR count). The van der Waals surface area contributed by atoms with Crippen LogP contribution in [0.4, 0.5) is 4.39 Å². The molecule has 0 aliphatic heterocycles. The first kappa shape index (κ1) is 18.6. The van der Waals surface area contributed by atoms with E-state index < -0.39 is 12.2 Å². The van der Waals surface area contributed by atoms with E-state index >= 15 is 0 Å². The molecule has 0 atom stereocenters. The zero-order valence-electron chi connectivity index (χ0n) is 10.4. The topological polar surface area (TPSA) is 109 Å². The normalized spacial score (nSPS) is 8.39. The van der Waals surface area contributed by atoms with Crippen molar-refractivity contribution in [2.45, 2.75) is 32.6 Å². The molecule has 0 aromatic carbocycles. The van der Waals surface area contributed by atoms with Gasteiger partial charge in [0.15, 0.2) is 0 Å². The zero-order valence-corrected chi connectivity index (χ0v) is 10.4. The lowest BCUT2D eigenvalue weighted by atomic mass is 10.2. The van der Waals surface area contributed by atoms with Gasteiger partial charge in [-0.3, -0.25) is 14.6 Å². The van der Waals surface area contributed by atoms with E-state index in [1.165, 1.54) is 37.9 Å². The Morgan fingerprint density at radius 3 is 2.28 bits per heavy atom. The number of nitrogens with two attached hydrogens (primary N) is 1. The number of hydrogen-bond acceptors (Lipinski definition) is 4. The van der Waals surface area contributed by atoms with Crippen molar-refractivity contribution in [2.75, 3.05) is 6.54 Å². The Morgan fingerprint density at radius 1 is 1.33 bits per heavy atom. The van der Waals surface area contributed by atoms with Gasteiger partial charge in [0, 0.05) is 12.3 Å². The summed E-state index contributed by atoms with van der Waals surface area (Å²) >= 11 is 0. The molecule has 104 valence electrons. The van der Waals surface area contributed by atoms with Crippen LogP contribution in [-0.2, 0) is 4.79 Å². The predicted molar refractivity (Wildman–Crippen MR) is 68.7 cm³/mol. The Kier molecular flexibility index (Phi) is 15.7. The quantitative estimate of drug-likeness (QED) is 0.422. The summed E-state index contributed by atoms with van der Waals surface area (Å²) in [6.07, 6.45) is 6.46. The van der Waals surface area contributed by atoms with Crippen LogP contribution in [-0.4, -0.2) is 23.1 Å². The maximum absolute atomic E-state index is 10.2. The first-order chi connectivity index (χ1) is 8.62. The fourth-order valence-corrected chi connectivity index (χ4v) is 0.954. The van der Waals surface area contributed by atoms with Crippen LogP contribution in [0.3, 0.4) is 0 Å². The van der Waals surface area contributed by atoms with Gasteiger partial charge in [-0.2, -0.15) is 4.39 Å². The average molecular weight is 261 g/mol. The standard InChI is InChI=1S/C6H15N.C4H4N2O2.CHFO/c1-2-3-4-5-6-7;7-3-1-2-5-4(8)6-3;2-1-3/h2-7H2,1H3;1-2H,(H2,5,6,7,8);1H. The largest absolute Gasteiger partial charge is 0.330 e. The van der Waals surface area contributed by atoms with Gasteiger partial charge in [-0.25, -0.2) is 4.79 Å². The van der Waals surface area contributed by atoms with Gasteiger partial charge in [0.05, 0.1) is 0 Å². The number of H-pyrrole nitrogens is 2. The van der Waals surface area contributed by atoms with Crippen LogP contribution in [0, 0.1) is 0 Å². The molecular formula is C11H20FN3O3. The fraction of sp³-hybridized carbons (Fsp3) is 0.545. The van der Waals surface area contributed by atoms with Gasteiger partial charge in [-0.1, -0.05) is 26.2 Å². The number of hydrogen-bond donors (Lipinski definition) is 3. The molecule has 1 aromatic heterocycles. The molecule has 0 saturated carbocycles. The third-order valence-corrected chi connectivity index (χ3v) is 1.74. The lowest BCUT2D eigenvalue weighted by molar-refractivity contribution is 0.510. The summed E-state index contributed by atoms with van der Waals surface area (Å²) in [4.78, 5) is 32.8. The molecule has 0 saturated heterocycles. The van der Waals surface area contributed by atoms with Gasteiger partial charge in [0.2, 0.25) is 0 Å². The molecule has 0 radical (unpaired) electrons. The minimum Gasteiger partial charge on any atom is -0.330 e. The van der Waals surface area contributed by atoms with Crippen LogP contribution >= 0.6 is 0 Å². The third kappa shape index (κ3) is 16.7. The van der Waals surface area contributed by atoms with Crippen molar-refractivity contribution >= 4 is 6.54 Å². The maximum atomic E-state index is 10.2. The maximum Gasteiger partial charge on any atom is 0.325 e. The number of unbranched alkanes of at least 4 members (excludes halogenated alkanes) is 3. The first-order valence-electron chi connectivity index (χ1n) is 5.64. The van der Waals surface area contributed by atoms with E-state index in [-0.39, 0.29) is 5.56 Å². The molecule has 0 aliphatic carbocycles. The Bertz CT molecular complexity index is 360. The first-order valence-corrected chi connectivity index (χ1v) is 5.64. The molecule has 1 heterocycles. The average Bonchev–Trinajstić information content (AvgIpc) is 2.31. The molecule has 0 bridgehead atoms. The van der Waals surface area contributed by atoms with Gasteiger partial charge in [0.1, 0.15) is 0 Å². The Hall–Kier alpha value is -1.76. The van der Waals surface area contributed by atoms with E-state index in [4.69, 9.17) is 10.5 Å². The minimum atomic E-state index is -0.750. The van der Waals surface area contributed by atoms with Crippen molar-refractivity contribution in [2.24, 2.45) is 5.73 Å². The molecule has 0 unspecified atom stereocenters. The van der Waals surface area contributed by atoms with Crippen LogP contribution in [0.2, 0.25) is 0 Å². The van der Waals surface area contributed by atoms with Crippen molar-refractivity contribution in [1.29, 1.82) is 0 Å². The Morgan fingerprint density at radius 2 is 1.94 bits per heavy atom. The molecule has 6 nitrogen and oxygen atoms in total. The highest BCUT2D eigenvalue weighted by molar-refractivity contribution is 5.35. The summed E-state index contributed by atoms with van der Waals surface area (Å²) in [7, 11) is 0. The van der Waals surface area contributed by atoms with E-state index in [9.17, 15) is 14.0 Å². The number of halogens is 1. The van der Waals surface area contributed by atoms with Crippen LogP contribution in [0.5, 0.6) is 0 Å². The van der Waals surface area contributed by atoms with Gasteiger partial charge >= 0.3 is 5.69 Å². The highest BCUT2D eigenvalue weighted by Crippen LogP contribution is 1.95.